The Morgan fingerprint density at radius 3 is 2.58 bits per heavy atom. The van der Waals surface area contributed by atoms with Crippen molar-refractivity contribution >= 4 is 5.97 Å². The lowest BCUT2D eigenvalue weighted by molar-refractivity contribution is -0.140. The highest BCUT2D eigenvalue weighted by molar-refractivity contribution is 5.92. The van der Waals surface area contributed by atoms with Gasteiger partial charge >= 0.3 is 5.97 Å². The topological polar surface area (TPSA) is 66.8 Å². The van der Waals surface area contributed by atoms with Gasteiger partial charge < -0.3 is 14.9 Å². The van der Waals surface area contributed by atoms with Gasteiger partial charge in [-0.05, 0) is 49.5 Å². The van der Waals surface area contributed by atoms with E-state index in [1.54, 1.807) is 6.92 Å². The Morgan fingerprint density at radius 1 is 1.17 bits per heavy atom. The van der Waals surface area contributed by atoms with Crippen LogP contribution in [0.3, 0.4) is 0 Å². The number of hydrogen-bond acceptors (Lipinski definition) is 4. The molecule has 4 aliphatic rings. The smallest absolute Gasteiger partial charge is 0.334 e. The molecule has 0 saturated heterocycles. The standard InChI is InChI=1S/C20H28O4/c1-10-16-13(24-18(10)23)9-12-11(17(16)22)5-6-14-19(2,3)8-7-15(21)20(12,14)4/h13-15,17,21-22H,5-9H2,1-4H3/t13-,14-,15+,17+,20+/m1/s1. The number of aliphatic hydroxyl groups is 2. The van der Waals surface area contributed by atoms with Crippen molar-refractivity contribution in [2.24, 2.45) is 16.7 Å². The van der Waals surface area contributed by atoms with Gasteiger partial charge in [0, 0.05) is 23.0 Å². The van der Waals surface area contributed by atoms with Gasteiger partial charge in [0.2, 0.25) is 0 Å². The highest BCUT2D eigenvalue weighted by atomic mass is 16.5. The number of carbonyl (C=O) groups is 1. The maximum atomic E-state index is 12.0. The largest absolute Gasteiger partial charge is 0.454 e. The van der Waals surface area contributed by atoms with Crippen LogP contribution in [0.5, 0.6) is 0 Å². The predicted molar refractivity (Wildman–Crippen MR) is 90.1 cm³/mol. The third-order valence-corrected chi connectivity index (χ3v) is 7.51. The zero-order chi connectivity index (χ0) is 17.4. The van der Waals surface area contributed by atoms with Crippen LogP contribution in [-0.2, 0) is 9.53 Å². The molecule has 0 aromatic rings. The lowest BCUT2D eigenvalue weighted by Crippen LogP contribution is -2.55. The fraction of sp³-hybridized carbons (Fsp3) is 0.750. The molecule has 0 aromatic carbocycles. The molecule has 0 spiro atoms. The van der Waals surface area contributed by atoms with Gasteiger partial charge in [0.25, 0.3) is 0 Å². The fourth-order valence-corrected chi connectivity index (χ4v) is 6.12. The normalized spacial score (nSPS) is 44.0. The third-order valence-electron chi connectivity index (χ3n) is 7.51. The second-order valence-electron chi connectivity index (χ2n) is 9.00. The second-order valence-corrected chi connectivity index (χ2v) is 9.00. The Hall–Kier alpha value is -1.13. The zero-order valence-electron chi connectivity index (χ0n) is 15.1. The van der Waals surface area contributed by atoms with E-state index in [1.165, 1.54) is 0 Å². The molecule has 0 unspecified atom stereocenters. The Balaban J connectivity index is 1.84. The van der Waals surface area contributed by atoms with Crippen LogP contribution in [-0.4, -0.2) is 34.5 Å². The third kappa shape index (κ3) is 1.90. The second kappa shape index (κ2) is 4.95. The molecule has 4 nitrogen and oxygen atoms in total. The number of fused-ring (bicyclic) bond motifs is 3. The van der Waals surface area contributed by atoms with Gasteiger partial charge in [-0.1, -0.05) is 26.3 Å². The van der Waals surface area contributed by atoms with Crippen molar-refractivity contribution in [3.8, 4) is 0 Å². The fourth-order valence-electron chi connectivity index (χ4n) is 6.12. The maximum absolute atomic E-state index is 12.0. The van der Waals surface area contributed by atoms with E-state index in [4.69, 9.17) is 4.74 Å². The Kier molecular flexibility index (Phi) is 3.37. The van der Waals surface area contributed by atoms with Gasteiger partial charge in [-0.15, -0.1) is 0 Å². The Bertz CT molecular complexity index is 671. The van der Waals surface area contributed by atoms with Crippen molar-refractivity contribution in [1.82, 2.24) is 0 Å². The first kappa shape index (κ1) is 16.3. The first-order valence-corrected chi connectivity index (χ1v) is 9.18. The van der Waals surface area contributed by atoms with Gasteiger partial charge in [0.05, 0.1) is 6.10 Å². The molecule has 3 aliphatic carbocycles. The van der Waals surface area contributed by atoms with E-state index in [-0.39, 0.29) is 22.9 Å². The van der Waals surface area contributed by atoms with Gasteiger partial charge in [0.1, 0.15) is 12.2 Å². The van der Waals surface area contributed by atoms with Crippen LogP contribution in [0, 0.1) is 16.7 Å². The number of aliphatic hydroxyl groups excluding tert-OH is 2. The van der Waals surface area contributed by atoms with Crippen molar-refractivity contribution in [1.29, 1.82) is 0 Å². The van der Waals surface area contributed by atoms with Crippen molar-refractivity contribution in [3.63, 3.8) is 0 Å². The number of ether oxygens (including phenoxy) is 1. The summed E-state index contributed by atoms with van der Waals surface area (Å²) in [6.07, 6.45) is 2.83. The van der Waals surface area contributed by atoms with E-state index in [1.807, 2.05) is 0 Å². The lowest BCUT2D eigenvalue weighted by Gasteiger charge is -2.58. The van der Waals surface area contributed by atoms with E-state index < -0.39 is 12.2 Å². The zero-order valence-corrected chi connectivity index (χ0v) is 15.1. The van der Waals surface area contributed by atoms with Crippen LogP contribution in [0.2, 0.25) is 0 Å². The lowest BCUT2D eigenvalue weighted by atomic mass is 9.47. The van der Waals surface area contributed by atoms with Gasteiger partial charge in [-0.3, -0.25) is 0 Å². The minimum atomic E-state index is -0.722. The van der Waals surface area contributed by atoms with Crippen molar-refractivity contribution < 1.29 is 19.7 Å². The van der Waals surface area contributed by atoms with Crippen LogP contribution in [0.25, 0.3) is 0 Å². The molecular formula is C20H28O4. The maximum Gasteiger partial charge on any atom is 0.334 e. The summed E-state index contributed by atoms with van der Waals surface area (Å²) in [7, 11) is 0. The molecule has 5 atom stereocenters. The number of esters is 1. The van der Waals surface area contributed by atoms with E-state index in [2.05, 4.69) is 20.8 Å². The van der Waals surface area contributed by atoms with E-state index in [9.17, 15) is 15.0 Å². The molecule has 0 bridgehead atoms. The summed E-state index contributed by atoms with van der Waals surface area (Å²) in [6.45, 7) is 8.52. The van der Waals surface area contributed by atoms with Gasteiger partial charge in [0.15, 0.2) is 0 Å². The number of rotatable bonds is 0. The van der Waals surface area contributed by atoms with Crippen molar-refractivity contribution in [2.75, 3.05) is 0 Å². The first-order chi connectivity index (χ1) is 11.2. The predicted octanol–water partition coefficient (Wildman–Crippen LogP) is 2.89. The summed E-state index contributed by atoms with van der Waals surface area (Å²) in [5, 5.41) is 21.9. The summed E-state index contributed by atoms with van der Waals surface area (Å²) in [4.78, 5) is 12.0. The van der Waals surface area contributed by atoms with Crippen LogP contribution in [0.4, 0.5) is 0 Å². The molecule has 1 fully saturated rings. The molecule has 1 saturated carbocycles. The molecular weight excluding hydrogens is 304 g/mol. The van der Waals surface area contributed by atoms with Crippen LogP contribution >= 0.6 is 0 Å². The summed E-state index contributed by atoms with van der Waals surface area (Å²) in [6, 6.07) is 0. The van der Waals surface area contributed by atoms with Crippen molar-refractivity contribution in [3.05, 3.63) is 22.3 Å². The summed E-state index contributed by atoms with van der Waals surface area (Å²) in [5.41, 5.74) is 3.36. The average molecular weight is 332 g/mol. The molecule has 0 amide bonds. The number of hydrogen-bond donors (Lipinski definition) is 2. The monoisotopic (exact) mass is 332 g/mol. The quantitative estimate of drug-likeness (QED) is 0.529. The SMILES string of the molecule is CC1=C2[C@@H](O)C3=C(C[C@H]2OC1=O)[C@@]1(C)[C@H](CC3)C(C)(C)CC[C@@H]1O. The summed E-state index contributed by atoms with van der Waals surface area (Å²) >= 11 is 0. The molecule has 24 heavy (non-hydrogen) atoms. The molecule has 4 rings (SSSR count). The van der Waals surface area contributed by atoms with Crippen LogP contribution in [0.1, 0.15) is 59.8 Å². The van der Waals surface area contributed by atoms with Crippen LogP contribution in [0.15, 0.2) is 22.3 Å². The average Bonchev–Trinajstić information content (AvgIpc) is 2.80. The van der Waals surface area contributed by atoms with E-state index >= 15 is 0 Å². The summed E-state index contributed by atoms with van der Waals surface area (Å²) in [5.74, 6) is 0.0866. The molecule has 4 heteroatoms. The van der Waals surface area contributed by atoms with E-state index in [0.717, 1.165) is 42.4 Å². The Labute approximate surface area is 143 Å². The minimum Gasteiger partial charge on any atom is -0.454 e. The highest BCUT2D eigenvalue weighted by Crippen LogP contribution is 2.62. The summed E-state index contributed by atoms with van der Waals surface area (Å²) < 4.78 is 5.52. The van der Waals surface area contributed by atoms with Gasteiger partial charge in [-0.25, -0.2) is 4.79 Å². The van der Waals surface area contributed by atoms with Crippen molar-refractivity contribution in [2.45, 2.75) is 78.1 Å². The first-order valence-electron chi connectivity index (χ1n) is 9.18. The Morgan fingerprint density at radius 2 is 1.88 bits per heavy atom. The van der Waals surface area contributed by atoms with E-state index in [0.29, 0.717) is 17.9 Å². The van der Waals surface area contributed by atoms with Crippen LogP contribution < -0.4 is 0 Å². The minimum absolute atomic E-state index is 0.176. The van der Waals surface area contributed by atoms with Gasteiger partial charge in [-0.2, -0.15) is 0 Å². The number of carbonyl (C=O) groups excluding carboxylic acids is 1. The molecule has 0 radical (unpaired) electrons. The molecule has 1 aliphatic heterocycles. The molecule has 2 N–H and O–H groups in total. The molecule has 132 valence electrons. The molecule has 0 aromatic heterocycles. The highest BCUT2D eigenvalue weighted by Gasteiger charge is 2.58. The molecule has 1 heterocycles.